The average Bonchev–Trinajstić information content (AvgIpc) is 3.50. The Morgan fingerprint density at radius 3 is 2.79 bits per heavy atom. The maximum atomic E-state index is 13.1. The number of hydrogen-bond acceptors (Lipinski definition) is 4. The van der Waals surface area contributed by atoms with Crippen molar-refractivity contribution >= 4 is 28.5 Å². The summed E-state index contributed by atoms with van der Waals surface area (Å²) >= 11 is 2.21. The normalized spacial score (nSPS) is 19.8. The molecule has 1 saturated carbocycles. The molecule has 2 aromatic rings. The van der Waals surface area contributed by atoms with Crippen LogP contribution in [0.1, 0.15) is 53.8 Å². The quantitative estimate of drug-likeness (QED) is 0.577. The first kappa shape index (κ1) is 19.6. The van der Waals surface area contributed by atoms with Gasteiger partial charge in [-0.2, -0.15) is 5.10 Å². The van der Waals surface area contributed by atoms with Crippen LogP contribution in [0.5, 0.6) is 0 Å². The Hall–Kier alpha value is -1.68. The van der Waals surface area contributed by atoms with Crippen LogP contribution in [-0.4, -0.2) is 52.0 Å². The molecule has 0 N–H and O–H groups in total. The van der Waals surface area contributed by atoms with E-state index < -0.39 is 0 Å². The predicted molar refractivity (Wildman–Crippen MR) is 114 cm³/mol. The number of nitrogens with zero attached hydrogens (tertiary/aromatic N) is 4. The van der Waals surface area contributed by atoms with Crippen LogP contribution in [-0.2, 0) is 11.3 Å². The number of halogens is 1. The van der Waals surface area contributed by atoms with Crippen LogP contribution in [0.15, 0.2) is 29.1 Å². The monoisotopic (exact) mass is 496 g/mol. The van der Waals surface area contributed by atoms with Crippen LogP contribution in [0.4, 0.5) is 0 Å². The molecule has 2 fully saturated rings. The number of benzene rings is 1. The molecular weight excluding hydrogens is 471 g/mol. The van der Waals surface area contributed by atoms with Crippen LogP contribution >= 0.6 is 22.6 Å². The van der Waals surface area contributed by atoms with E-state index >= 15 is 0 Å². The molecule has 8 heteroatoms. The van der Waals surface area contributed by atoms with Crippen molar-refractivity contribution < 1.29 is 9.53 Å². The second-order valence-electron chi connectivity index (χ2n) is 7.53. The highest BCUT2D eigenvalue weighted by Crippen LogP contribution is 2.37. The van der Waals surface area contributed by atoms with E-state index in [4.69, 9.17) is 4.74 Å². The molecular formula is C20H25IN4O3. The highest BCUT2D eigenvalue weighted by atomic mass is 127. The first-order chi connectivity index (χ1) is 13.6. The van der Waals surface area contributed by atoms with Crippen molar-refractivity contribution in [3.63, 3.8) is 0 Å². The van der Waals surface area contributed by atoms with E-state index in [0.717, 1.165) is 47.2 Å². The molecule has 150 valence electrons. The van der Waals surface area contributed by atoms with Gasteiger partial charge in [-0.3, -0.25) is 9.36 Å². The molecule has 1 aliphatic carbocycles. The van der Waals surface area contributed by atoms with Crippen molar-refractivity contribution in [2.75, 3.05) is 26.8 Å². The van der Waals surface area contributed by atoms with Crippen molar-refractivity contribution in [1.29, 1.82) is 0 Å². The van der Waals surface area contributed by atoms with E-state index in [1.165, 1.54) is 4.68 Å². The fourth-order valence-corrected chi connectivity index (χ4v) is 4.51. The number of hydrogen-bond donors (Lipinski definition) is 0. The lowest BCUT2D eigenvalue weighted by atomic mass is 9.96. The molecule has 1 aromatic carbocycles. The first-order valence-electron chi connectivity index (χ1n) is 9.82. The number of carbonyl (C=O) groups excluding carboxylic acids is 1. The van der Waals surface area contributed by atoms with Gasteiger partial charge < -0.3 is 9.64 Å². The van der Waals surface area contributed by atoms with Gasteiger partial charge in [0, 0.05) is 35.7 Å². The third kappa shape index (κ3) is 3.89. The van der Waals surface area contributed by atoms with E-state index in [0.29, 0.717) is 19.7 Å². The summed E-state index contributed by atoms with van der Waals surface area (Å²) in [6, 6.07) is 7.95. The van der Waals surface area contributed by atoms with E-state index in [1.54, 1.807) is 7.11 Å². The van der Waals surface area contributed by atoms with Gasteiger partial charge in [-0.15, -0.1) is 0 Å². The Morgan fingerprint density at radius 2 is 2.07 bits per heavy atom. The predicted octanol–water partition coefficient (Wildman–Crippen LogP) is 2.65. The number of ether oxygens (including phenoxy) is 1. The lowest BCUT2D eigenvalue weighted by Gasteiger charge is -2.32. The van der Waals surface area contributed by atoms with Crippen LogP contribution < -0.4 is 5.69 Å². The zero-order chi connectivity index (χ0) is 19.7. The number of carbonyl (C=O) groups is 1. The van der Waals surface area contributed by atoms with Gasteiger partial charge in [-0.05, 0) is 60.4 Å². The number of likely N-dealkylation sites (tertiary alicyclic amines) is 1. The van der Waals surface area contributed by atoms with Crippen molar-refractivity contribution in [2.45, 2.75) is 44.2 Å². The molecule has 7 nitrogen and oxygen atoms in total. The molecule has 1 aromatic heterocycles. The molecule has 1 unspecified atom stereocenters. The second kappa shape index (κ2) is 8.36. The zero-order valence-corrected chi connectivity index (χ0v) is 18.2. The Kier molecular flexibility index (Phi) is 5.86. The first-order valence-corrected chi connectivity index (χ1v) is 10.9. The Labute approximate surface area is 177 Å². The molecule has 2 heterocycles. The van der Waals surface area contributed by atoms with E-state index in [1.807, 2.05) is 33.7 Å². The molecule has 28 heavy (non-hydrogen) atoms. The average molecular weight is 496 g/mol. The largest absolute Gasteiger partial charge is 0.383 e. The van der Waals surface area contributed by atoms with Crippen LogP contribution in [0.25, 0.3) is 0 Å². The highest BCUT2D eigenvalue weighted by molar-refractivity contribution is 14.1. The molecule has 1 amide bonds. The number of rotatable bonds is 6. The van der Waals surface area contributed by atoms with E-state index in [2.05, 4.69) is 27.7 Å². The molecule has 0 radical (unpaired) electrons. The SMILES string of the molecule is COCCn1nc(C2CCCN(C(=O)c3ccccc3I)C2)n(C2CC2)c1=O. The number of methoxy groups -OCH3 is 1. The summed E-state index contributed by atoms with van der Waals surface area (Å²) in [6.07, 6.45) is 3.92. The number of amides is 1. The summed E-state index contributed by atoms with van der Waals surface area (Å²) in [5, 5.41) is 4.66. The topological polar surface area (TPSA) is 69.4 Å². The molecule has 1 saturated heterocycles. The van der Waals surface area contributed by atoms with Crippen molar-refractivity contribution in [2.24, 2.45) is 0 Å². The van der Waals surface area contributed by atoms with Gasteiger partial charge in [0.2, 0.25) is 0 Å². The summed E-state index contributed by atoms with van der Waals surface area (Å²) in [7, 11) is 1.62. The van der Waals surface area contributed by atoms with E-state index in [-0.39, 0.29) is 23.6 Å². The van der Waals surface area contributed by atoms with E-state index in [9.17, 15) is 9.59 Å². The number of aromatic nitrogens is 3. The fourth-order valence-electron chi connectivity index (χ4n) is 3.89. The van der Waals surface area contributed by atoms with Gasteiger partial charge >= 0.3 is 5.69 Å². The third-order valence-corrected chi connectivity index (χ3v) is 6.43. The zero-order valence-electron chi connectivity index (χ0n) is 16.0. The van der Waals surface area contributed by atoms with Crippen molar-refractivity contribution in [1.82, 2.24) is 19.2 Å². The lowest BCUT2D eigenvalue weighted by molar-refractivity contribution is 0.0702. The van der Waals surface area contributed by atoms with Crippen LogP contribution in [0.2, 0.25) is 0 Å². The van der Waals surface area contributed by atoms with Gasteiger partial charge in [-0.25, -0.2) is 9.48 Å². The summed E-state index contributed by atoms with van der Waals surface area (Å²) in [4.78, 5) is 27.8. The molecule has 1 atom stereocenters. The van der Waals surface area contributed by atoms with Gasteiger partial charge in [0.1, 0.15) is 5.82 Å². The van der Waals surface area contributed by atoms with Gasteiger partial charge in [0.15, 0.2) is 0 Å². The molecule has 0 spiro atoms. The Bertz CT molecular complexity index is 918. The third-order valence-electron chi connectivity index (χ3n) is 5.49. The van der Waals surface area contributed by atoms with Gasteiger partial charge in [0.05, 0.1) is 18.7 Å². The Morgan fingerprint density at radius 1 is 1.29 bits per heavy atom. The van der Waals surface area contributed by atoms with Gasteiger partial charge in [-0.1, -0.05) is 12.1 Å². The standard InChI is InChI=1S/C20H25IN4O3/c1-28-12-11-24-20(27)25(15-8-9-15)18(22-24)14-5-4-10-23(13-14)19(26)16-6-2-3-7-17(16)21/h2-3,6-7,14-15H,4-5,8-13H2,1H3. The maximum absolute atomic E-state index is 13.1. The minimum Gasteiger partial charge on any atom is -0.383 e. The van der Waals surface area contributed by atoms with Crippen LogP contribution in [0, 0.1) is 3.57 Å². The molecule has 1 aliphatic heterocycles. The minimum absolute atomic E-state index is 0.0457. The highest BCUT2D eigenvalue weighted by Gasteiger charge is 2.35. The van der Waals surface area contributed by atoms with Crippen molar-refractivity contribution in [3.8, 4) is 0 Å². The van der Waals surface area contributed by atoms with Gasteiger partial charge in [0.25, 0.3) is 5.91 Å². The maximum Gasteiger partial charge on any atom is 0.346 e. The summed E-state index contributed by atoms with van der Waals surface area (Å²) in [6.45, 7) is 2.28. The lowest BCUT2D eigenvalue weighted by Crippen LogP contribution is -2.40. The summed E-state index contributed by atoms with van der Waals surface area (Å²) in [5.41, 5.74) is 0.699. The summed E-state index contributed by atoms with van der Waals surface area (Å²) < 4.78 is 9.48. The molecule has 0 bridgehead atoms. The minimum atomic E-state index is -0.0457. The summed E-state index contributed by atoms with van der Waals surface area (Å²) in [5.74, 6) is 0.994. The molecule has 2 aliphatic rings. The van der Waals surface area contributed by atoms with Crippen molar-refractivity contribution in [3.05, 3.63) is 49.7 Å². The fraction of sp³-hybridized carbons (Fsp3) is 0.550. The number of piperidine rings is 1. The smallest absolute Gasteiger partial charge is 0.346 e. The second-order valence-corrected chi connectivity index (χ2v) is 8.69. The molecule has 4 rings (SSSR count). The van der Waals surface area contributed by atoms with Crippen LogP contribution in [0.3, 0.4) is 0 Å². The Balaban J connectivity index is 1.59.